The van der Waals surface area contributed by atoms with Crippen molar-refractivity contribution in [3.05, 3.63) is 53.0 Å². The molecule has 2 aliphatic rings. The van der Waals surface area contributed by atoms with E-state index >= 15 is 0 Å². The Labute approximate surface area is 157 Å². The average Bonchev–Trinajstić information content (AvgIpc) is 2.68. The molecule has 1 aliphatic heterocycles. The highest BCUT2D eigenvalue weighted by molar-refractivity contribution is 5.46. The molecule has 1 aromatic carbocycles. The van der Waals surface area contributed by atoms with Crippen LogP contribution in [0.5, 0.6) is 0 Å². The number of hydrogen-bond acceptors (Lipinski definition) is 4. The largest absolute Gasteiger partial charge is 0.356 e. The van der Waals surface area contributed by atoms with Crippen LogP contribution >= 0.6 is 0 Å². The minimum absolute atomic E-state index is 0.633. The highest BCUT2D eigenvalue weighted by atomic mass is 15.2. The van der Waals surface area contributed by atoms with E-state index in [0.717, 1.165) is 31.2 Å². The molecule has 1 N–H and O–H groups in total. The van der Waals surface area contributed by atoms with Crippen molar-refractivity contribution in [1.29, 1.82) is 0 Å². The van der Waals surface area contributed by atoms with Crippen LogP contribution < -0.4 is 10.2 Å². The van der Waals surface area contributed by atoms with Gasteiger partial charge in [-0.1, -0.05) is 31.2 Å². The van der Waals surface area contributed by atoms with Gasteiger partial charge in [-0.25, -0.2) is 9.97 Å². The molecule has 0 saturated carbocycles. The van der Waals surface area contributed by atoms with Crippen LogP contribution in [0.4, 0.5) is 5.82 Å². The third-order valence-corrected chi connectivity index (χ3v) is 5.96. The first kappa shape index (κ1) is 17.5. The summed E-state index contributed by atoms with van der Waals surface area (Å²) in [4.78, 5) is 11.6. The number of hydrogen-bond donors (Lipinski definition) is 1. The zero-order valence-corrected chi connectivity index (χ0v) is 16.0. The van der Waals surface area contributed by atoms with Gasteiger partial charge in [-0.15, -0.1) is 0 Å². The van der Waals surface area contributed by atoms with Gasteiger partial charge in [-0.2, -0.15) is 0 Å². The van der Waals surface area contributed by atoms with Gasteiger partial charge in [0.25, 0.3) is 0 Å². The molecule has 0 bridgehead atoms. The fourth-order valence-corrected chi connectivity index (χ4v) is 4.44. The van der Waals surface area contributed by atoms with Gasteiger partial charge in [0.05, 0.1) is 0 Å². The van der Waals surface area contributed by atoms with E-state index < -0.39 is 0 Å². The zero-order valence-electron chi connectivity index (χ0n) is 16.0. The molecule has 1 aromatic heterocycles. The molecular weight excluding hydrogens is 320 g/mol. The van der Waals surface area contributed by atoms with Crippen molar-refractivity contribution in [3.8, 4) is 0 Å². The normalized spacial score (nSPS) is 20.8. The van der Waals surface area contributed by atoms with Crippen molar-refractivity contribution < 1.29 is 0 Å². The highest BCUT2D eigenvalue weighted by Crippen LogP contribution is 2.25. The summed E-state index contributed by atoms with van der Waals surface area (Å²) in [5.41, 5.74) is 4.36. The number of fused-ring (bicyclic) bond motifs is 1. The van der Waals surface area contributed by atoms with Crippen molar-refractivity contribution in [2.75, 3.05) is 18.0 Å². The van der Waals surface area contributed by atoms with E-state index in [1.54, 1.807) is 5.56 Å². The Bertz CT molecular complexity index is 750. The monoisotopic (exact) mass is 350 g/mol. The number of benzene rings is 1. The first-order valence-electron chi connectivity index (χ1n) is 10.1. The molecule has 1 saturated heterocycles. The molecule has 1 fully saturated rings. The lowest BCUT2D eigenvalue weighted by Crippen LogP contribution is -2.48. The maximum absolute atomic E-state index is 4.73. The van der Waals surface area contributed by atoms with Gasteiger partial charge in [-0.05, 0) is 56.6 Å². The second kappa shape index (κ2) is 7.75. The SMILES string of the molecule is CCc1cnc(C)nc1N1CCC(NC2CCc3ccccc3C2)CC1. The van der Waals surface area contributed by atoms with Crippen molar-refractivity contribution in [2.24, 2.45) is 0 Å². The molecule has 4 nitrogen and oxygen atoms in total. The smallest absolute Gasteiger partial charge is 0.135 e. The van der Waals surface area contributed by atoms with Gasteiger partial charge in [-0.3, -0.25) is 0 Å². The van der Waals surface area contributed by atoms with Crippen molar-refractivity contribution in [2.45, 2.75) is 64.5 Å². The predicted octanol–water partition coefficient (Wildman–Crippen LogP) is 3.46. The highest BCUT2D eigenvalue weighted by Gasteiger charge is 2.25. The van der Waals surface area contributed by atoms with Gasteiger partial charge in [0.1, 0.15) is 11.6 Å². The minimum atomic E-state index is 0.633. The summed E-state index contributed by atoms with van der Waals surface area (Å²) in [5, 5.41) is 3.95. The number of nitrogens with one attached hydrogen (secondary N) is 1. The summed E-state index contributed by atoms with van der Waals surface area (Å²) in [7, 11) is 0. The number of aryl methyl sites for hydroxylation is 3. The van der Waals surface area contributed by atoms with E-state index in [2.05, 4.69) is 46.4 Å². The summed E-state index contributed by atoms with van der Waals surface area (Å²) in [6.07, 6.45) is 9.06. The second-order valence-corrected chi connectivity index (χ2v) is 7.76. The summed E-state index contributed by atoms with van der Waals surface area (Å²) >= 11 is 0. The Morgan fingerprint density at radius 1 is 1.08 bits per heavy atom. The topological polar surface area (TPSA) is 41.1 Å². The standard InChI is InChI=1S/C22H30N4/c1-3-17-15-23-16(2)24-22(17)26-12-10-20(11-13-26)25-21-9-8-18-6-4-5-7-19(18)14-21/h4-7,15,20-21,25H,3,8-14H2,1-2H3. The van der Waals surface area contributed by atoms with Gasteiger partial charge in [0, 0.05) is 36.9 Å². The average molecular weight is 351 g/mol. The van der Waals surface area contributed by atoms with Crippen LogP contribution in [0.15, 0.2) is 30.5 Å². The molecule has 4 heteroatoms. The number of aromatic nitrogens is 2. The molecule has 2 aromatic rings. The van der Waals surface area contributed by atoms with E-state index in [4.69, 9.17) is 4.98 Å². The van der Waals surface area contributed by atoms with Crippen LogP contribution in [0.1, 0.15) is 48.7 Å². The first-order valence-corrected chi connectivity index (χ1v) is 10.1. The molecule has 138 valence electrons. The fraction of sp³-hybridized carbons (Fsp3) is 0.545. The third-order valence-electron chi connectivity index (χ3n) is 5.96. The van der Waals surface area contributed by atoms with Crippen LogP contribution in [0.25, 0.3) is 0 Å². The lowest BCUT2D eigenvalue weighted by molar-refractivity contribution is 0.344. The molecule has 0 amide bonds. The van der Waals surface area contributed by atoms with Gasteiger partial charge in [0.2, 0.25) is 0 Å². The summed E-state index contributed by atoms with van der Waals surface area (Å²) in [6, 6.07) is 10.2. The summed E-state index contributed by atoms with van der Waals surface area (Å²) in [6.45, 7) is 6.35. The number of anilines is 1. The Hall–Kier alpha value is -1.94. The van der Waals surface area contributed by atoms with Gasteiger partial charge < -0.3 is 10.2 Å². The Balaban J connectivity index is 1.34. The molecule has 2 heterocycles. The van der Waals surface area contributed by atoms with Crippen LogP contribution in [0, 0.1) is 6.92 Å². The van der Waals surface area contributed by atoms with Crippen molar-refractivity contribution >= 4 is 5.82 Å². The summed E-state index contributed by atoms with van der Waals surface area (Å²) in [5.74, 6) is 2.03. The molecule has 1 aliphatic carbocycles. The van der Waals surface area contributed by atoms with Crippen LogP contribution in [0.2, 0.25) is 0 Å². The van der Waals surface area contributed by atoms with Crippen LogP contribution in [-0.4, -0.2) is 35.1 Å². The van der Waals surface area contributed by atoms with E-state index in [1.165, 1.54) is 43.2 Å². The Kier molecular flexibility index (Phi) is 5.21. The molecule has 0 spiro atoms. The molecule has 1 unspecified atom stereocenters. The molecular formula is C22H30N4. The van der Waals surface area contributed by atoms with E-state index in [1.807, 2.05) is 13.1 Å². The predicted molar refractivity (Wildman–Crippen MR) is 107 cm³/mol. The third kappa shape index (κ3) is 3.75. The number of nitrogens with zero attached hydrogens (tertiary/aromatic N) is 3. The zero-order chi connectivity index (χ0) is 17.9. The van der Waals surface area contributed by atoms with E-state index in [9.17, 15) is 0 Å². The van der Waals surface area contributed by atoms with Crippen LogP contribution in [0.3, 0.4) is 0 Å². The quantitative estimate of drug-likeness (QED) is 0.917. The maximum atomic E-state index is 4.73. The lowest BCUT2D eigenvalue weighted by Gasteiger charge is -2.37. The fourth-order valence-electron chi connectivity index (χ4n) is 4.44. The molecule has 0 radical (unpaired) electrons. The van der Waals surface area contributed by atoms with Gasteiger partial charge in [0.15, 0.2) is 0 Å². The molecule has 4 rings (SSSR count). The molecule has 1 atom stereocenters. The lowest BCUT2D eigenvalue weighted by atomic mass is 9.87. The number of rotatable bonds is 4. The van der Waals surface area contributed by atoms with Crippen LogP contribution in [-0.2, 0) is 19.3 Å². The first-order chi connectivity index (χ1) is 12.7. The maximum Gasteiger partial charge on any atom is 0.135 e. The Morgan fingerprint density at radius 2 is 1.85 bits per heavy atom. The number of piperidine rings is 1. The van der Waals surface area contributed by atoms with Crippen molar-refractivity contribution in [3.63, 3.8) is 0 Å². The van der Waals surface area contributed by atoms with Gasteiger partial charge >= 0.3 is 0 Å². The second-order valence-electron chi connectivity index (χ2n) is 7.76. The van der Waals surface area contributed by atoms with Crippen molar-refractivity contribution in [1.82, 2.24) is 15.3 Å². The molecule has 26 heavy (non-hydrogen) atoms. The minimum Gasteiger partial charge on any atom is -0.356 e. The van der Waals surface area contributed by atoms with E-state index in [0.29, 0.717) is 12.1 Å². The Morgan fingerprint density at radius 3 is 2.62 bits per heavy atom. The van der Waals surface area contributed by atoms with E-state index in [-0.39, 0.29) is 0 Å². The summed E-state index contributed by atoms with van der Waals surface area (Å²) < 4.78 is 0.